The van der Waals surface area contributed by atoms with Crippen LogP contribution in [0.3, 0.4) is 0 Å². The van der Waals surface area contributed by atoms with E-state index in [0.717, 1.165) is 49.6 Å². The number of nitrogens with one attached hydrogen (secondary N) is 1. The van der Waals surface area contributed by atoms with Crippen LogP contribution in [0.1, 0.15) is 41.4 Å². The third-order valence-electron chi connectivity index (χ3n) is 5.13. The van der Waals surface area contributed by atoms with Gasteiger partial charge >= 0.3 is 0 Å². The van der Waals surface area contributed by atoms with Gasteiger partial charge in [0.25, 0.3) is 0 Å². The first-order valence-electron chi connectivity index (χ1n) is 9.83. The number of hydrogen-bond donors (Lipinski definition) is 1. The second-order valence-electron chi connectivity index (χ2n) is 7.46. The molecule has 6 nitrogen and oxygen atoms in total. The molecular formula is C22H26N6. The largest absolute Gasteiger partial charge is 0.307 e. The van der Waals surface area contributed by atoms with Crippen LogP contribution < -0.4 is 5.32 Å². The summed E-state index contributed by atoms with van der Waals surface area (Å²) in [5, 5.41) is 3.20. The normalized spacial score (nSPS) is 15.5. The third kappa shape index (κ3) is 4.70. The van der Waals surface area contributed by atoms with Crippen LogP contribution in [0.5, 0.6) is 0 Å². The number of rotatable bonds is 5. The first-order chi connectivity index (χ1) is 13.7. The molecule has 1 aliphatic heterocycles. The summed E-state index contributed by atoms with van der Waals surface area (Å²) in [6.45, 7) is 7.11. The maximum absolute atomic E-state index is 4.79. The zero-order chi connectivity index (χ0) is 19.3. The Bertz CT molecular complexity index is 899. The Balaban J connectivity index is 1.38. The number of aromatic nitrogens is 4. The Morgan fingerprint density at radius 2 is 1.68 bits per heavy atom. The molecule has 1 N–H and O–H groups in total. The van der Waals surface area contributed by atoms with E-state index >= 15 is 0 Å². The minimum Gasteiger partial charge on any atom is -0.307 e. The van der Waals surface area contributed by atoms with Crippen LogP contribution in [0.4, 0.5) is 11.8 Å². The standard InChI is InChI=1S/C22H26N6/c1-16-12-17(2)25-22(24-16)27-21-14-23-13-20(26-21)19-8-10-28(11-9-19)15-18-6-4-3-5-7-18/h3-7,12-14,19H,8-11,15H2,1-2H3,(H,24,25,26,27). The summed E-state index contributed by atoms with van der Waals surface area (Å²) in [6, 6.07) is 12.6. The molecule has 0 amide bonds. The number of likely N-dealkylation sites (tertiary alicyclic amines) is 1. The molecule has 3 aromatic rings. The van der Waals surface area contributed by atoms with Crippen molar-refractivity contribution in [2.45, 2.75) is 39.2 Å². The van der Waals surface area contributed by atoms with E-state index in [1.807, 2.05) is 26.1 Å². The molecule has 1 saturated heterocycles. The lowest BCUT2D eigenvalue weighted by Gasteiger charge is -2.31. The molecule has 28 heavy (non-hydrogen) atoms. The van der Waals surface area contributed by atoms with Crippen LogP contribution in [0.15, 0.2) is 48.8 Å². The van der Waals surface area contributed by atoms with Gasteiger partial charge in [-0.3, -0.25) is 9.88 Å². The monoisotopic (exact) mass is 374 g/mol. The van der Waals surface area contributed by atoms with Crippen LogP contribution in [0.2, 0.25) is 0 Å². The molecule has 3 heterocycles. The molecule has 0 radical (unpaired) electrons. The molecule has 1 aliphatic rings. The summed E-state index contributed by atoms with van der Waals surface area (Å²) < 4.78 is 0. The quantitative estimate of drug-likeness (QED) is 0.728. The summed E-state index contributed by atoms with van der Waals surface area (Å²) in [5.74, 6) is 1.72. The van der Waals surface area contributed by atoms with Crippen LogP contribution in [0.25, 0.3) is 0 Å². The molecule has 0 saturated carbocycles. The van der Waals surface area contributed by atoms with Crippen molar-refractivity contribution in [1.82, 2.24) is 24.8 Å². The van der Waals surface area contributed by atoms with Crippen molar-refractivity contribution >= 4 is 11.8 Å². The minimum atomic E-state index is 0.446. The second-order valence-corrected chi connectivity index (χ2v) is 7.46. The van der Waals surface area contributed by atoms with Gasteiger partial charge in [-0.1, -0.05) is 30.3 Å². The fourth-order valence-corrected chi connectivity index (χ4v) is 3.76. The van der Waals surface area contributed by atoms with Crippen molar-refractivity contribution in [1.29, 1.82) is 0 Å². The highest BCUT2D eigenvalue weighted by molar-refractivity contribution is 5.46. The van der Waals surface area contributed by atoms with E-state index in [0.29, 0.717) is 17.7 Å². The van der Waals surface area contributed by atoms with E-state index in [9.17, 15) is 0 Å². The topological polar surface area (TPSA) is 66.8 Å². The van der Waals surface area contributed by atoms with Crippen molar-refractivity contribution in [3.05, 3.63) is 71.4 Å². The summed E-state index contributed by atoms with van der Waals surface area (Å²) in [5.41, 5.74) is 4.30. The van der Waals surface area contributed by atoms with E-state index in [2.05, 4.69) is 55.5 Å². The highest BCUT2D eigenvalue weighted by Crippen LogP contribution is 2.28. The number of hydrogen-bond acceptors (Lipinski definition) is 6. The fraction of sp³-hybridized carbons (Fsp3) is 0.364. The summed E-state index contributed by atoms with van der Waals surface area (Å²) in [7, 11) is 0. The van der Waals surface area contributed by atoms with Gasteiger partial charge in [0.05, 0.1) is 11.9 Å². The maximum Gasteiger partial charge on any atom is 0.228 e. The van der Waals surface area contributed by atoms with E-state index in [-0.39, 0.29) is 0 Å². The van der Waals surface area contributed by atoms with Gasteiger partial charge in [-0.2, -0.15) is 0 Å². The van der Waals surface area contributed by atoms with Gasteiger partial charge in [-0.25, -0.2) is 15.0 Å². The van der Waals surface area contributed by atoms with Gasteiger partial charge in [0.2, 0.25) is 5.95 Å². The lowest BCUT2D eigenvalue weighted by Crippen LogP contribution is -2.32. The SMILES string of the molecule is Cc1cc(C)nc(Nc2cncc(C3CCN(Cc4ccccc4)CC3)n2)n1. The number of nitrogens with zero attached hydrogens (tertiary/aromatic N) is 5. The van der Waals surface area contributed by atoms with Crippen LogP contribution in [-0.4, -0.2) is 37.9 Å². The van der Waals surface area contributed by atoms with Crippen LogP contribution >= 0.6 is 0 Å². The molecule has 0 bridgehead atoms. The van der Waals surface area contributed by atoms with Crippen LogP contribution in [0, 0.1) is 13.8 Å². The van der Waals surface area contributed by atoms with Crippen molar-refractivity contribution in [3.8, 4) is 0 Å². The molecule has 2 aromatic heterocycles. The molecule has 1 fully saturated rings. The first kappa shape index (κ1) is 18.5. The van der Waals surface area contributed by atoms with Gasteiger partial charge in [-0.15, -0.1) is 0 Å². The summed E-state index contributed by atoms with van der Waals surface area (Å²) in [6.07, 6.45) is 5.83. The Hall–Kier alpha value is -2.86. The number of benzene rings is 1. The first-order valence-corrected chi connectivity index (χ1v) is 9.83. The zero-order valence-electron chi connectivity index (χ0n) is 16.5. The molecule has 6 heteroatoms. The number of piperidine rings is 1. The van der Waals surface area contributed by atoms with Crippen molar-refractivity contribution < 1.29 is 0 Å². The Morgan fingerprint density at radius 1 is 0.964 bits per heavy atom. The van der Waals surface area contributed by atoms with Gasteiger partial charge < -0.3 is 5.32 Å². The van der Waals surface area contributed by atoms with Gasteiger partial charge in [0.1, 0.15) is 0 Å². The van der Waals surface area contributed by atoms with Gasteiger partial charge in [-0.05, 0) is 51.4 Å². The summed E-state index contributed by atoms with van der Waals surface area (Å²) >= 11 is 0. The molecule has 0 spiro atoms. The van der Waals surface area contributed by atoms with E-state index in [1.165, 1.54) is 5.56 Å². The Labute approximate surface area is 166 Å². The molecule has 0 unspecified atom stereocenters. The van der Waals surface area contributed by atoms with Gasteiger partial charge in [0, 0.05) is 30.0 Å². The Morgan fingerprint density at radius 3 is 2.39 bits per heavy atom. The zero-order valence-corrected chi connectivity index (χ0v) is 16.5. The second kappa shape index (κ2) is 8.44. The average molecular weight is 374 g/mol. The van der Waals surface area contributed by atoms with Gasteiger partial charge in [0.15, 0.2) is 5.82 Å². The van der Waals surface area contributed by atoms with Crippen molar-refractivity contribution in [3.63, 3.8) is 0 Å². The predicted octanol–water partition coefficient (Wildman–Crippen LogP) is 4.01. The molecular weight excluding hydrogens is 348 g/mol. The minimum absolute atomic E-state index is 0.446. The van der Waals surface area contributed by atoms with Crippen molar-refractivity contribution in [2.75, 3.05) is 18.4 Å². The van der Waals surface area contributed by atoms with E-state index in [1.54, 1.807) is 6.20 Å². The third-order valence-corrected chi connectivity index (χ3v) is 5.13. The van der Waals surface area contributed by atoms with E-state index < -0.39 is 0 Å². The van der Waals surface area contributed by atoms with E-state index in [4.69, 9.17) is 4.98 Å². The summed E-state index contributed by atoms with van der Waals surface area (Å²) in [4.78, 5) is 20.5. The fourth-order valence-electron chi connectivity index (χ4n) is 3.76. The highest BCUT2D eigenvalue weighted by atomic mass is 15.2. The maximum atomic E-state index is 4.79. The molecule has 0 aliphatic carbocycles. The number of aryl methyl sites for hydroxylation is 2. The lowest BCUT2D eigenvalue weighted by atomic mass is 9.93. The number of anilines is 2. The highest BCUT2D eigenvalue weighted by Gasteiger charge is 2.22. The van der Waals surface area contributed by atoms with Crippen LogP contribution in [-0.2, 0) is 6.54 Å². The lowest BCUT2D eigenvalue weighted by molar-refractivity contribution is 0.203. The Kier molecular flexibility index (Phi) is 5.58. The smallest absolute Gasteiger partial charge is 0.228 e. The average Bonchev–Trinajstić information content (AvgIpc) is 2.69. The molecule has 0 atom stereocenters. The molecule has 144 valence electrons. The molecule has 1 aromatic carbocycles. The predicted molar refractivity (Wildman–Crippen MR) is 111 cm³/mol. The molecule has 4 rings (SSSR count). The van der Waals surface area contributed by atoms with Crippen molar-refractivity contribution in [2.24, 2.45) is 0 Å².